The average molecular weight is 372 g/mol. The summed E-state index contributed by atoms with van der Waals surface area (Å²) in [7, 11) is 1.48. The van der Waals surface area contributed by atoms with Gasteiger partial charge in [0.15, 0.2) is 5.52 Å². The molecule has 8 nitrogen and oxygen atoms in total. The Balaban J connectivity index is 1.81. The summed E-state index contributed by atoms with van der Waals surface area (Å²) in [5.74, 6) is 0.0440. The topological polar surface area (TPSA) is 102 Å². The molecule has 3 heterocycles. The van der Waals surface area contributed by atoms with Crippen LogP contribution in [0.4, 0.5) is 10.3 Å². The SMILES string of the molecule is Cn1c(=O)c2nc(N3CCCC(N)C3)[nH]c2c(=O)n1Cc1ccccc1F. The van der Waals surface area contributed by atoms with Crippen molar-refractivity contribution in [2.75, 3.05) is 18.0 Å². The molecule has 142 valence electrons. The van der Waals surface area contributed by atoms with Crippen molar-refractivity contribution in [1.82, 2.24) is 19.3 Å². The van der Waals surface area contributed by atoms with Crippen molar-refractivity contribution in [2.45, 2.75) is 25.4 Å². The molecule has 2 aromatic heterocycles. The number of rotatable bonds is 3. The Morgan fingerprint density at radius 2 is 2.07 bits per heavy atom. The highest BCUT2D eigenvalue weighted by atomic mass is 19.1. The number of aromatic amines is 1. The number of benzene rings is 1. The zero-order chi connectivity index (χ0) is 19.1. The lowest BCUT2D eigenvalue weighted by Crippen LogP contribution is -2.43. The van der Waals surface area contributed by atoms with E-state index in [2.05, 4.69) is 9.97 Å². The van der Waals surface area contributed by atoms with Gasteiger partial charge in [-0.15, -0.1) is 0 Å². The van der Waals surface area contributed by atoms with Gasteiger partial charge < -0.3 is 15.6 Å². The summed E-state index contributed by atoms with van der Waals surface area (Å²) in [4.78, 5) is 35.0. The van der Waals surface area contributed by atoms with Crippen LogP contribution in [-0.4, -0.2) is 38.5 Å². The molecule has 1 aliphatic heterocycles. The molecule has 0 amide bonds. The second-order valence-electron chi connectivity index (χ2n) is 6.92. The largest absolute Gasteiger partial charge is 0.341 e. The number of nitrogens with two attached hydrogens (primary N) is 1. The molecule has 0 aliphatic carbocycles. The smallest absolute Gasteiger partial charge is 0.293 e. The van der Waals surface area contributed by atoms with Crippen molar-refractivity contribution < 1.29 is 4.39 Å². The fraction of sp³-hybridized carbons (Fsp3) is 0.389. The van der Waals surface area contributed by atoms with Crippen LogP contribution in [0, 0.1) is 5.82 Å². The van der Waals surface area contributed by atoms with Crippen molar-refractivity contribution in [3.8, 4) is 0 Å². The van der Waals surface area contributed by atoms with Gasteiger partial charge in [0.2, 0.25) is 5.95 Å². The van der Waals surface area contributed by atoms with Gasteiger partial charge in [-0.05, 0) is 18.9 Å². The minimum absolute atomic E-state index is 0.0347. The van der Waals surface area contributed by atoms with Gasteiger partial charge in [0.25, 0.3) is 11.1 Å². The molecule has 1 saturated heterocycles. The number of halogens is 1. The quantitative estimate of drug-likeness (QED) is 0.699. The molecule has 3 aromatic rings. The Morgan fingerprint density at radius 1 is 1.30 bits per heavy atom. The van der Waals surface area contributed by atoms with Crippen LogP contribution < -0.4 is 21.8 Å². The summed E-state index contributed by atoms with van der Waals surface area (Å²) >= 11 is 0. The van der Waals surface area contributed by atoms with Crippen LogP contribution in [0.3, 0.4) is 0 Å². The summed E-state index contributed by atoms with van der Waals surface area (Å²) in [6.07, 6.45) is 1.86. The highest BCUT2D eigenvalue weighted by molar-refractivity contribution is 5.75. The summed E-state index contributed by atoms with van der Waals surface area (Å²) in [5.41, 5.74) is 5.72. The number of hydrogen-bond donors (Lipinski definition) is 2. The minimum Gasteiger partial charge on any atom is -0.341 e. The normalized spacial score (nSPS) is 17.6. The predicted molar refractivity (Wildman–Crippen MR) is 101 cm³/mol. The maximum atomic E-state index is 14.0. The molecule has 4 rings (SSSR count). The van der Waals surface area contributed by atoms with Gasteiger partial charge in [-0.25, -0.2) is 18.7 Å². The number of nitrogens with one attached hydrogen (secondary N) is 1. The molecule has 1 atom stereocenters. The number of imidazole rings is 1. The van der Waals surface area contributed by atoms with Gasteiger partial charge in [-0.3, -0.25) is 9.59 Å². The summed E-state index contributed by atoms with van der Waals surface area (Å²) in [6, 6.07) is 6.21. The third-order valence-electron chi connectivity index (χ3n) is 5.03. The molecule has 0 bridgehead atoms. The first-order valence-electron chi connectivity index (χ1n) is 8.89. The van der Waals surface area contributed by atoms with Gasteiger partial charge in [0.1, 0.15) is 11.3 Å². The number of H-pyrrole nitrogens is 1. The zero-order valence-electron chi connectivity index (χ0n) is 15.0. The van der Waals surface area contributed by atoms with Crippen LogP contribution in [0.15, 0.2) is 33.9 Å². The monoisotopic (exact) mass is 372 g/mol. The van der Waals surface area contributed by atoms with Crippen molar-refractivity contribution in [3.05, 3.63) is 56.4 Å². The van der Waals surface area contributed by atoms with Gasteiger partial charge in [0, 0.05) is 31.7 Å². The fourth-order valence-corrected chi connectivity index (χ4v) is 3.52. The molecule has 9 heteroatoms. The van der Waals surface area contributed by atoms with Gasteiger partial charge >= 0.3 is 0 Å². The molecule has 0 spiro atoms. The Hall–Kier alpha value is -2.94. The first-order valence-corrected chi connectivity index (χ1v) is 8.89. The zero-order valence-corrected chi connectivity index (χ0v) is 15.0. The second kappa shape index (κ2) is 6.66. The summed E-state index contributed by atoms with van der Waals surface area (Å²) in [6.45, 7) is 1.33. The maximum absolute atomic E-state index is 14.0. The van der Waals surface area contributed by atoms with Crippen LogP contribution in [0.25, 0.3) is 11.0 Å². The number of fused-ring (bicyclic) bond motifs is 1. The van der Waals surface area contributed by atoms with E-state index in [-0.39, 0.29) is 23.6 Å². The number of aromatic nitrogens is 4. The van der Waals surface area contributed by atoms with Crippen LogP contribution in [0.5, 0.6) is 0 Å². The van der Waals surface area contributed by atoms with Crippen LogP contribution in [0.2, 0.25) is 0 Å². The van der Waals surface area contributed by atoms with Crippen molar-refractivity contribution in [2.24, 2.45) is 12.8 Å². The van der Waals surface area contributed by atoms with E-state index in [1.54, 1.807) is 18.2 Å². The highest BCUT2D eigenvalue weighted by Gasteiger charge is 2.22. The Bertz CT molecular complexity index is 1120. The van der Waals surface area contributed by atoms with E-state index in [0.717, 1.165) is 19.4 Å². The van der Waals surface area contributed by atoms with E-state index in [1.807, 2.05) is 4.90 Å². The Labute approximate surface area is 154 Å². The number of nitrogens with zero attached hydrogens (tertiary/aromatic N) is 4. The fourth-order valence-electron chi connectivity index (χ4n) is 3.52. The van der Waals surface area contributed by atoms with Crippen molar-refractivity contribution in [3.63, 3.8) is 0 Å². The standard InChI is InChI=1S/C18H21FN6O2/c1-23-16(26)14-15(22-18(21-14)24-8-4-6-12(20)10-24)17(27)25(23)9-11-5-2-3-7-13(11)19/h2-3,5,7,12H,4,6,8-10,20H2,1H3,(H,21,22). The number of anilines is 1. The van der Waals surface area contributed by atoms with E-state index < -0.39 is 16.9 Å². The van der Waals surface area contributed by atoms with E-state index in [1.165, 1.54) is 22.5 Å². The molecule has 1 aliphatic rings. The number of hydrogen-bond acceptors (Lipinski definition) is 5. The first kappa shape index (κ1) is 17.5. The Morgan fingerprint density at radius 3 is 2.81 bits per heavy atom. The lowest BCUT2D eigenvalue weighted by atomic mass is 10.1. The molecule has 0 saturated carbocycles. The third-order valence-corrected chi connectivity index (χ3v) is 5.03. The molecular weight excluding hydrogens is 351 g/mol. The van der Waals surface area contributed by atoms with Crippen molar-refractivity contribution >= 4 is 17.0 Å². The molecule has 3 N–H and O–H groups in total. The average Bonchev–Trinajstić information content (AvgIpc) is 3.11. The Kier molecular flexibility index (Phi) is 4.31. The van der Waals surface area contributed by atoms with E-state index in [0.29, 0.717) is 18.1 Å². The van der Waals surface area contributed by atoms with Crippen LogP contribution >= 0.6 is 0 Å². The molecule has 1 fully saturated rings. The molecule has 27 heavy (non-hydrogen) atoms. The van der Waals surface area contributed by atoms with Gasteiger partial charge in [-0.1, -0.05) is 18.2 Å². The van der Waals surface area contributed by atoms with Crippen LogP contribution in [-0.2, 0) is 13.6 Å². The molecular formula is C18H21FN6O2. The van der Waals surface area contributed by atoms with Crippen molar-refractivity contribution in [1.29, 1.82) is 0 Å². The minimum atomic E-state index is -0.426. The maximum Gasteiger partial charge on any atom is 0.293 e. The third kappa shape index (κ3) is 3.03. The van der Waals surface area contributed by atoms with E-state index >= 15 is 0 Å². The summed E-state index contributed by atoms with van der Waals surface area (Å²) in [5, 5.41) is 0. The molecule has 1 aromatic carbocycles. The van der Waals surface area contributed by atoms with Gasteiger partial charge in [0.05, 0.1) is 6.54 Å². The predicted octanol–water partition coefficient (Wildman–Crippen LogP) is 0.538. The lowest BCUT2D eigenvalue weighted by Gasteiger charge is -2.30. The number of piperidine rings is 1. The summed E-state index contributed by atoms with van der Waals surface area (Å²) < 4.78 is 16.4. The molecule has 1 unspecified atom stereocenters. The van der Waals surface area contributed by atoms with Gasteiger partial charge in [-0.2, -0.15) is 0 Å². The van der Waals surface area contributed by atoms with E-state index in [9.17, 15) is 14.0 Å². The highest BCUT2D eigenvalue weighted by Crippen LogP contribution is 2.17. The molecule has 0 radical (unpaired) electrons. The van der Waals surface area contributed by atoms with Crippen LogP contribution in [0.1, 0.15) is 18.4 Å². The lowest BCUT2D eigenvalue weighted by molar-refractivity contribution is 0.489. The van der Waals surface area contributed by atoms with E-state index in [4.69, 9.17) is 5.73 Å². The second-order valence-corrected chi connectivity index (χ2v) is 6.92. The first-order chi connectivity index (χ1) is 13.0.